The molecule has 7 nitrogen and oxygen atoms in total. The molecule has 156 valence electrons. The summed E-state index contributed by atoms with van der Waals surface area (Å²) >= 11 is 1.60. The Bertz CT molecular complexity index is 1080. The van der Waals surface area contributed by atoms with Crippen molar-refractivity contribution in [2.75, 3.05) is 24.0 Å². The van der Waals surface area contributed by atoms with Gasteiger partial charge in [0.15, 0.2) is 6.29 Å². The summed E-state index contributed by atoms with van der Waals surface area (Å²) in [5, 5.41) is 0. The Kier molecular flexibility index (Phi) is 7.24. The lowest BCUT2D eigenvalue weighted by Crippen LogP contribution is -2.44. The first kappa shape index (κ1) is 21.6. The summed E-state index contributed by atoms with van der Waals surface area (Å²) in [6.45, 7) is 0.297. The van der Waals surface area contributed by atoms with Crippen LogP contribution in [0.3, 0.4) is 0 Å². The van der Waals surface area contributed by atoms with Crippen LogP contribution in [0.15, 0.2) is 59.5 Å². The van der Waals surface area contributed by atoms with Crippen LogP contribution in [0, 0.1) is 0 Å². The molecular weight excluding hydrogens is 402 g/mol. The van der Waals surface area contributed by atoms with Crippen LogP contribution in [0.2, 0.25) is 0 Å². The number of rotatable bonds is 9. The minimum absolute atomic E-state index is 0.0901. The Hall–Kier alpha value is -3.13. The van der Waals surface area contributed by atoms with Gasteiger partial charge < -0.3 is 9.64 Å². The zero-order valence-corrected chi connectivity index (χ0v) is 17.7. The Morgan fingerprint density at radius 3 is 2.63 bits per heavy atom. The molecule has 1 atom stereocenters. The van der Waals surface area contributed by atoms with Crippen molar-refractivity contribution in [3.63, 3.8) is 0 Å². The van der Waals surface area contributed by atoms with Crippen LogP contribution < -0.4 is 10.5 Å². The third kappa shape index (κ3) is 4.54. The van der Waals surface area contributed by atoms with Crippen LogP contribution in [0.25, 0.3) is 5.65 Å². The highest BCUT2D eigenvalue weighted by atomic mass is 32.2. The molecule has 1 aromatic carbocycles. The number of aldehydes is 1. The molecule has 0 radical (unpaired) electrons. The van der Waals surface area contributed by atoms with Gasteiger partial charge in [-0.3, -0.25) is 14.0 Å². The normalized spacial score (nSPS) is 11.8. The molecule has 0 saturated carbocycles. The second-order valence-corrected chi connectivity index (χ2v) is 7.62. The minimum Gasteiger partial charge on any atom is -0.467 e. The second kappa shape index (κ2) is 10.1. The van der Waals surface area contributed by atoms with Crippen LogP contribution in [0.5, 0.6) is 0 Å². The molecule has 2 aromatic heterocycles. The average molecular weight is 426 g/mol. The number of carbonyl (C=O) groups excluding carboxylic acids is 2. The number of methoxy groups -OCH3 is 1. The molecule has 0 fully saturated rings. The van der Waals surface area contributed by atoms with Crippen molar-refractivity contribution in [2.24, 2.45) is 0 Å². The Morgan fingerprint density at radius 1 is 1.23 bits per heavy atom. The zero-order valence-electron chi connectivity index (χ0n) is 16.9. The maximum atomic E-state index is 13.0. The number of nitrogens with zero attached hydrogens (tertiary/aromatic N) is 3. The predicted octanol–water partition coefficient (Wildman–Crippen LogP) is 2.81. The second-order valence-electron chi connectivity index (χ2n) is 6.63. The summed E-state index contributed by atoms with van der Waals surface area (Å²) in [4.78, 5) is 43.9. The summed E-state index contributed by atoms with van der Waals surface area (Å²) < 4.78 is 6.37. The average Bonchev–Trinajstić information content (AvgIpc) is 2.79. The third-order valence-corrected chi connectivity index (χ3v) is 5.42. The van der Waals surface area contributed by atoms with Gasteiger partial charge in [0.2, 0.25) is 0 Å². The van der Waals surface area contributed by atoms with E-state index in [1.54, 1.807) is 41.1 Å². The molecule has 0 aliphatic rings. The summed E-state index contributed by atoms with van der Waals surface area (Å²) in [5.74, 6) is 0.446. The number of benzene rings is 1. The third-order valence-electron chi connectivity index (χ3n) is 4.78. The predicted molar refractivity (Wildman–Crippen MR) is 118 cm³/mol. The molecule has 30 heavy (non-hydrogen) atoms. The van der Waals surface area contributed by atoms with E-state index >= 15 is 0 Å². The number of thioether (sulfide) groups is 1. The standard InChI is InChI=1S/C22H23N3O4S/c1-29-22(28)18(11-13-30-2)25(14-16-8-4-3-5-9-16)20-17(15-26)21(27)24-12-7-6-10-19(24)23-20/h3-10,12,15,18H,11,13-14H2,1-2H3. The molecule has 0 spiro atoms. The smallest absolute Gasteiger partial charge is 0.328 e. The highest BCUT2D eigenvalue weighted by molar-refractivity contribution is 7.98. The number of carbonyl (C=O) groups is 2. The number of anilines is 1. The number of aromatic nitrogens is 2. The van der Waals surface area contributed by atoms with Crippen LogP contribution in [-0.4, -0.2) is 46.8 Å². The first-order chi connectivity index (χ1) is 14.6. The van der Waals surface area contributed by atoms with Gasteiger partial charge in [0.25, 0.3) is 5.56 Å². The van der Waals surface area contributed by atoms with Crippen molar-refractivity contribution in [2.45, 2.75) is 19.0 Å². The maximum Gasteiger partial charge on any atom is 0.328 e. The topological polar surface area (TPSA) is 81.0 Å². The SMILES string of the molecule is COC(=O)C(CCSC)N(Cc1ccccc1)c1nc2ccccn2c(=O)c1C=O. The molecule has 2 heterocycles. The van der Waals surface area contributed by atoms with Gasteiger partial charge in [-0.1, -0.05) is 36.4 Å². The van der Waals surface area contributed by atoms with Crippen molar-refractivity contribution in [1.29, 1.82) is 0 Å². The summed E-state index contributed by atoms with van der Waals surface area (Å²) in [6.07, 6.45) is 4.50. The number of hydrogen-bond donors (Lipinski definition) is 0. The van der Waals surface area contributed by atoms with E-state index in [2.05, 4.69) is 4.98 Å². The van der Waals surface area contributed by atoms with E-state index in [0.29, 0.717) is 30.7 Å². The van der Waals surface area contributed by atoms with Gasteiger partial charge in [0, 0.05) is 12.7 Å². The molecule has 0 saturated heterocycles. The fraction of sp³-hybridized carbons (Fsp3) is 0.273. The van der Waals surface area contributed by atoms with Gasteiger partial charge in [-0.2, -0.15) is 11.8 Å². The van der Waals surface area contributed by atoms with Crippen LogP contribution in [0.1, 0.15) is 22.3 Å². The first-order valence-corrected chi connectivity index (χ1v) is 10.8. The highest BCUT2D eigenvalue weighted by Crippen LogP contribution is 2.24. The van der Waals surface area contributed by atoms with Gasteiger partial charge in [-0.25, -0.2) is 9.78 Å². The van der Waals surface area contributed by atoms with Crippen molar-refractivity contribution < 1.29 is 14.3 Å². The van der Waals surface area contributed by atoms with Crippen molar-refractivity contribution in [1.82, 2.24) is 9.38 Å². The van der Waals surface area contributed by atoms with Gasteiger partial charge in [-0.05, 0) is 36.1 Å². The molecule has 3 aromatic rings. The maximum absolute atomic E-state index is 13.0. The monoisotopic (exact) mass is 425 g/mol. The van der Waals surface area contributed by atoms with E-state index in [-0.39, 0.29) is 11.4 Å². The lowest BCUT2D eigenvalue weighted by molar-refractivity contribution is -0.142. The van der Waals surface area contributed by atoms with E-state index in [9.17, 15) is 14.4 Å². The van der Waals surface area contributed by atoms with E-state index in [1.807, 2.05) is 36.6 Å². The zero-order chi connectivity index (χ0) is 21.5. The lowest BCUT2D eigenvalue weighted by Gasteiger charge is -2.32. The summed E-state index contributed by atoms with van der Waals surface area (Å²) in [6, 6.07) is 14.0. The van der Waals surface area contributed by atoms with Crippen molar-refractivity contribution in [3.05, 3.63) is 76.2 Å². The quantitative estimate of drug-likeness (QED) is 0.385. The van der Waals surface area contributed by atoms with E-state index < -0.39 is 17.6 Å². The molecule has 1 unspecified atom stereocenters. The van der Waals surface area contributed by atoms with Gasteiger partial charge in [0.1, 0.15) is 23.1 Å². The fourth-order valence-corrected chi connectivity index (χ4v) is 3.75. The van der Waals surface area contributed by atoms with Crippen molar-refractivity contribution >= 4 is 35.5 Å². The summed E-state index contributed by atoms with van der Waals surface area (Å²) in [7, 11) is 1.33. The van der Waals surface area contributed by atoms with Gasteiger partial charge >= 0.3 is 5.97 Å². The van der Waals surface area contributed by atoms with E-state index in [0.717, 1.165) is 5.56 Å². The molecule has 3 rings (SSSR count). The van der Waals surface area contributed by atoms with E-state index in [1.165, 1.54) is 11.5 Å². The van der Waals surface area contributed by atoms with Crippen LogP contribution in [0.4, 0.5) is 5.82 Å². The highest BCUT2D eigenvalue weighted by Gasteiger charge is 2.31. The molecule has 8 heteroatoms. The van der Waals surface area contributed by atoms with Crippen molar-refractivity contribution in [3.8, 4) is 0 Å². The van der Waals surface area contributed by atoms with Gasteiger partial charge in [-0.15, -0.1) is 0 Å². The molecule has 0 bridgehead atoms. The summed E-state index contributed by atoms with van der Waals surface area (Å²) in [5.41, 5.74) is 0.752. The fourth-order valence-electron chi connectivity index (χ4n) is 3.29. The molecular formula is C22H23N3O4S. The molecule has 0 N–H and O–H groups in total. The molecule has 0 amide bonds. The van der Waals surface area contributed by atoms with Crippen LogP contribution in [-0.2, 0) is 16.1 Å². The number of fused-ring (bicyclic) bond motifs is 1. The Morgan fingerprint density at radius 2 is 1.97 bits per heavy atom. The van der Waals surface area contributed by atoms with Crippen LogP contribution >= 0.6 is 11.8 Å². The minimum atomic E-state index is -0.695. The Labute approximate surface area is 178 Å². The first-order valence-electron chi connectivity index (χ1n) is 9.44. The number of pyridine rings is 1. The van der Waals surface area contributed by atoms with E-state index in [4.69, 9.17) is 4.74 Å². The largest absolute Gasteiger partial charge is 0.467 e. The Balaban J connectivity index is 2.21. The lowest BCUT2D eigenvalue weighted by atomic mass is 10.1. The number of hydrogen-bond acceptors (Lipinski definition) is 7. The molecule has 0 aliphatic carbocycles. The number of ether oxygens (including phenoxy) is 1. The number of esters is 1. The molecule has 0 aliphatic heterocycles. The van der Waals surface area contributed by atoms with Gasteiger partial charge in [0.05, 0.1) is 7.11 Å².